The van der Waals surface area contributed by atoms with E-state index < -0.39 is 0 Å². The summed E-state index contributed by atoms with van der Waals surface area (Å²) >= 11 is 2.29. The Morgan fingerprint density at radius 2 is 2.00 bits per heavy atom. The Kier molecular flexibility index (Phi) is 5.59. The van der Waals surface area contributed by atoms with E-state index in [4.69, 9.17) is 9.47 Å². The Bertz CT molecular complexity index is 335. The van der Waals surface area contributed by atoms with E-state index in [-0.39, 0.29) is 5.97 Å². The Hall–Kier alpha value is -0.780. The van der Waals surface area contributed by atoms with Crippen LogP contribution in [0.4, 0.5) is 0 Å². The summed E-state index contributed by atoms with van der Waals surface area (Å²) < 4.78 is 10.3. The molecule has 4 heteroatoms. The van der Waals surface area contributed by atoms with Gasteiger partial charge < -0.3 is 9.47 Å². The highest BCUT2D eigenvalue weighted by Gasteiger charge is 2.07. The van der Waals surface area contributed by atoms with Gasteiger partial charge in [0.1, 0.15) is 12.4 Å². The van der Waals surface area contributed by atoms with Crippen molar-refractivity contribution in [1.82, 2.24) is 0 Å². The molecular weight excluding hydrogens is 319 g/mol. The maximum absolute atomic E-state index is 10.6. The number of esters is 1. The van der Waals surface area contributed by atoms with Crippen LogP contribution in [0.25, 0.3) is 0 Å². The average molecular weight is 334 g/mol. The normalized spacial score (nSPS) is 11.9. The van der Waals surface area contributed by atoms with Crippen molar-refractivity contribution < 1.29 is 14.3 Å². The van der Waals surface area contributed by atoms with Crippen molar-refractivity contribution in [2.75, 3.05) is 13.7 Å². The van der Waals surface area contributed by atoms with Gasteiger partial charge in [0.15, 0.2) is 0 Å². The molecule has 0 heterocycles. The summed E-state index contributed by atoms with van der Waals surface area (Å²) in [7, 11) is 1.65. The molecule has 1 aromatic carbocycles. The molecule has 3 nitrogen and oxygen atoms in total. The molecule has 0 aromatic heterocycles. The van der Waals surface area contributed by atoms with Gasteiger partial charge >= 0.3 is 5.97 Å². The van der Waals surface area contributed by atoms with Crippen molar-refractivity contribution in [3.63, 3.8) is 0 Å². The smallest absolute Gasteiger partial charge is 0.302 e. The van der Waals surface area contributed by atoms with Gasteiger partial charge in [-0.2, -0.15) is 0 Å². The summed E-state index contributed by atoms with van der Waals surface area (Å²) in [6.45, 7) is 1.89. The van der Waals surface area contributed by atoms with Gasteiger partial charge in [-0.3, -0.25) is 4.79 Å². The molecular formula is C12H15IO3. The van der Waals surface area contributed by atoms with Crippen LogP contribution in [-0.2, 0) is 16.0 Å². The first-order valence-corrected chi connectivity index (χ1v) is 6.26. The zero-order valence-corrected chi connectivity index (χ0v) is 11.6. The molecule has 0 aliphatic carbocycles. The average Bonchev–Trinajstić information content (AvgIpc) is 2.27. The third-order valence-electron chi connectivity index (χ3n) is 2.08. The van der Waals surface area contributed by atoms with Gasteiger partial charge in [-0.15, -0.1) is 0 Å². The van der Waals surface area contributed by atoms with Crippen LogP contribution in [0.2, 0.25) is 0 Å². The van der Waals surface area contributed by atoms with E-state index in [1.807, 2.05) is 24.3 Å². The number of carbonyl (C=O) groups excluding carboxylic acids is 1. The first-order chi connectivity index (χ1) is 7.61. The molecule has 1 unspecified atom stereocenters. The van der Waals surface area contributed by atoms with Gasteiger partial charge in [0.25, 0.3) is 0 Å². The van der Waals surface area contributed by atoms with Gasteiger partial charge in [-0.05, 0) is 24.1 Å². The number of rotatable bonds is 5. The van der Waals surface area contributed by atoms with Gasteiger partial charge in [0.2, 0.25) is 0 Å². The van der Waals surface area contributed by atoms with Crippen molar-refractivity contribution in [2.45, 2.75) is 17.3 Å². The van der Waals surface area contributed by atoms with Crippen molar-refractivity contribution in [2.24, 2.45) is 0 Å². The van der Waals surface area contributed by atoms with Crippen molar-refractivity contribution in [3.8, 4) is 5.75 Å². The highest BCUT2D eigenvalue weighted by Crippen LogP contribution is 2.15. The monoisotopic (exact) mass is 334 g/mol. The summed E-state index contributed by atoms with van der Waals surface area (Å²) in [4.78, 5) is 10.6. The zero-order valence-electron chi connectivity index (χ0n) is 9.40. The number of ether oxygens (including phenoxy) is 2. The molecule has 0 radical (unpaired) electrons. The number of hydrogen-bond donors (Lipinski definition) is 0. The van der Waals surface area contributed by atoms with Crippen LogP contribution in [-0.4, -0.2) is 23.6 Å². The summed E-state index contributed by atoms with van der Waals surface area (Å²) in [6.07, 6.45) is 0.887. The van der Waals surface area contributed by atoms with E-state index in [1.165, 1.54) is 12.5 Å². The number of halogens is 1. The fourth-order valence-corrected chi connectivity index (χ4v) is 1.97. The van der Waals surface area contributed by atoms with Gasteiger partial charge in [-0.1, -0.05) is 34.7 Å². The molecule has 1 atom stereocenters. The number of alkyl halides is 1. The predicted octanol–water partition coefficient (Wildman–Crippen LogP) is 2.60. The molecule has 0 saturated heterocycles. The van der Waals surface area contributed by atoms with E-state index in [9.17, 15) is 4.79 Å². The fraction of sp³-hybridized carbons (Fsp3) is 0.417. The molecule has 0 fully saturated rings. The minimum absolute atomic E-state index is 0.226. The molecule has 1 aromatic rings. The lowest BCUT2D eigenvalue weighted by Gasteiger charge is -2.10. The molecule has 0 aliphatic rings. The van der Waals surface area contributed by atoms with Gasteiger partial charge in [-0.25, -0.2) is 0 Å². The lowest BCUT2D eigenvalue weighted by atomic mass is 10.1. The van der Waals surface area contributed by atoms with E-state index >= 15 is 0 Å². The summed E-state index contributed by atoms with van der Waals surface area (Å²) in [6, 6.07) is 7.92. The number of carbonyl (C=O) groups is 1. The quantitative estimate of drug-likeness (QED) is 0.472. The molecule has 0 N–H and O–H groups in total. The molecule has 0 bridgehead atoms. The SMILES string of the molecule is COc1ccc(CC(I)COC(C)=O)cc1. The third-order valence-corrected chi connectivity index (χ3v) is 2.88. The van der Waals surface area contributed by atoms with Crippen molar-refractivity contribution >= 4 is 28.6 Å². The topological polar surface area (TPSA) is 35.5 Å². The van der Waals surface area contributed by atoms with Gasteiger partial charge in [0, 0.05) is 10.8 Å². The second-order valence-corrected chi connectivity index (χ2v) is 5.21. The second kappa shape index (κ2) is 6.73. The molecule has 88 valence electrons. The maximum Gasteiger partial charge on any atom is 0.302 e. The van der Waals surface area contributed by atoms with E-state index in [2.05, 4.69) is 22.6 Å². The van der Waals surface area contributed by atoms with Crippen LogP contribution in [0.1, 0.15) is 12.5 Å². The molecule has 1 rings (SSSR count). The Labute approximate surface area is 109 Å². The van der Waals surface area contributed by atoms with Crippen molar-refractivity contribution in [1.29, 1.82) is 0 Å². The first-order valence-electron chi connectivity index (χ1n) is 5.02. The van der Waals surface area contributed by atoms with Crippen LogP contribution < -0.4 is 4.74 Å². The van der Waals surface area contributed by atoms with E-state index in [0.717, 1.165) is 12.2 Å². The Morgan fingerprint density at radius 3 is 2.50 bits per heavy atom. The van der Waals surface area contributed by atoms with Crippen LogP contribution in [0.3, 0.4) is 0 Å². The van der Waals surface area contributed by atoms with Crippen molar-refractivity contribution in [3.05, 3.63) is 29.8 Å². The Balaban J connectivity index is 2.43. The van der Waals surface area contributed by atoms with Crippen LogP contribution in [0, 0.1) is 0 Å². The zero-order chi connectivity index (χ0) is 12.0. The molecule has 0 spiro atoms. The fourth-order valence-electron chi connectivity index (χ4n) is 1.28. The molecule has 0 aliphatic heterocycles. The standard InChI is InChI=1S/C12H15IO3/c1-9(14)16-8-11(13)7-10-3-5-12(15-2)6-4-10/h3-6,11H,7-8H2,1-2H3. The predicted molar refractivity (Wildman–Crippen MR) is 71.1 cm³/mol. The second-order valence-electron chi connectivity index (χ2n) is 3.45. The van der Waals surface area contributed by atoms with Crippen LogP contribution >= 0.6 is 22.6 Å². The minimum Gasteiger partial charge on any atom is -0.497 e. The minimum atomic E-state index is -0.226. The van der Waals surface area contributed by atoms with E-state index in [0.29, 0.717) is 10.5 Å². The number of methoxy groups -OCH3 is 1. The summed E-state index contributed by atoms with van der Waals surface area (Å²) in [5.74, 6) is 0.630. The molecule has 0 amide bonds. The lowest BCUT2D eigenvalue weighted by molar-refractivity contribution is -0.140. The van der Waals surface area contributed by atoms with E-state index in [1.54, 1.807) is 7.11 Å². The number of hydrogen-bond acceptors (Lipinski definition) is 3. The van der Waals surface area contributed by atoms with Crippen LogP contribution in [0.15, 0.2) is 24.3 Å². The summed E-state index contributed by atoms with van der Waals surface area (Å²) in [5, 5.41) is 0. The number of benzene rings is 1. The lowest BCUT2D eigenvalue weighted by Crippen LogP contribution is -2.13. The summed E-state index contributed by atoms with van der Waals surface area (Å²) in [5.41, 5.74) is 1.22. The largest absolute Gasteiger partial charge is 0.497 e. The maximum atomic E-state index is 10.6. The Morgan fingerprint density at radius 1 is 1.38 bits per heavy atom. The molecule has 0 saturated carbocycles. The highest BCUT2D eigenvalue weighted by molar-refractivity contribution is 14.1. The highest BCUT2D eigenvalue weighted by atomic mass is 127. The third kappa shape index (κ3) is 4.83. The first kappa shape index (κ1) is 13.3. The molecule has 16 heavy (non-hydrogen) atoms. The van der Waals surface area contributed by atoms with Gasteiger partial charge in [0.05, 0.1) is 7.11 Å². The van der Waals surface area contributed by atoms with Crippen LogP contribution in [0.5, 0.6) is 5.75 Å².